The monoisotopic (exact) mass is 442 g/mol. The fraction of sp³-hybridized carbons (Fsp3) is 0.333. The van der Waals surface area contributed by atoms with Crippen molar-refractivity contribution in [1.82, 2.24) is 9.88 Å². The van der Waals surface area contributed by atoms with Crippen molar-refractivity contribution in [1.29, 1.82) is 10.7 Å². The number of rotatable bonds is 3. The van der Waals surface area contributed by atoms with Crippen molar-refractivity contribution in [2.75, 3.05) is 6.54 Å². The molecule has 1 aliphatic heterocycles. The lowest BCUT2D eigenvalue weighted by molar-refractivity contribution is 0.0962. The van der Waals surface area contributed by atoms with Gasteiger partial charge in [0.15, 0.2) is 5.78 Å². The zero-order valence-corrected chi connectivity index (χ0v) is 18.0. The number of benzene rings is 1. The molecule has 2 heterocycles. The fourth-order valence-electron chi connectivity index (χ4n) is 3.20. The molecule has 2 aromatic rings. The number of nitrogens with one attached hydrogen (secondary N) is 1. The molecule has 0 radical (unpaired) electrons. The predicted octanol–water partition coefficient (Wildman–Crippen LogP) is 3.87. The number of aryl methyl sites for hydroxylation is 1. The van der Waals surface area contributed by atoms with Crippen molar-refractivity contribution in [3.05, 3.63) is 57.9 Å². The minimum absolute atomic E-state index is 0. The van der Waals surface area contributed by atoms with Gasteiger partial charge in [0.1, 0.15) is 23.3 Å². The Hall–Kier alpha value is -2.72. The van der Waals surface area contributed by atoms with Gasteiger partial charge in [-0.05, 0) is 30.5 Å². The summed E-state index contributed by atoms with van der Waals surface area (Å²) in [5.74, 6) is -0.0498. The minimum Gasteiger partial charge on any atom is -0.506 e. The number of carbonyl (C=O) groups is 1. The van der Waals surface area contributed by atoms with Gasteiger partial charge in [0.25, 0.3) is 0 Å². The first kappa shape index (κ1) is 21.6. The summed E-state index contributed by atoms with van der Waals surface area (Å²) in [6.45, 7) is 8.10. The van der Waals surface area contributed by atoms with Crippen LogP contribution >= 0.6 is 17.0 Å². The second kappa shape index (κ2) is 7.72. The number of nitrogens with zero attached hydrogens (tertiary/aromatic N) is 3. The lowest BCUT2D eigenvalue weighted by Crippen LogP contribution is -2.30. The van der Waals surface area contributed by atoms with Gasteiger partial charge in [-0.25, -0.2) is 4.98 Å². The maximum Gasteiger partial charge on any atom is 0.182 e. The molecule has 2 N–H and O–H groups in total. The summed E-state index contributed by atoms with van der Waals surface area (Å²) in [6, 6.07) is 8.85. The van der Waals surface area contributed by atoms with E-state index in [1.165, 1.54) is 6.07 Å². The first-order chi connectivity index (χ1) is 12.6. The third-order valence-electron chi connectivity index (χ3n) is 4.71. The Morgan fingerprint density at radius 1 is 1.36 bits per heavy atom. The number of phenols is 1. The Labute approximate surface area is 175 Å². The molecule has 3 rings (SSSR count). The Balaban J connectivity index is 0.00000280. The fourth-order valence-corrected chi connectivity index (χ4v) is 3.20. The summed E-state index contributed by atoms with van der Waals surface area (Å²) in [6.07, 6.45) is 0. The number of aromatic nitrogens is 1. The Morgan fingerprint density at radius 2 is 2.04 bits per heavy atom. The van der Waals surface area contributed by atoms with E-state index in [1.54, 1.807) is 11.0 Å². The number of carbonyl (C=O) groups excluding carboxylic acids is 1. The van der Waals surface area contributed by atoms with E-state index in [2.05, 4.69) is 4.98 Å². The molecular formula is C21H23BrN4O2. The molecule has 28 heavy (non-hydrogen) atoms. The van der Waals surface area contributed by atoms with E-state index >= 15 is 0 Å². The van der Waals surface area contributed by atoms with Crippen molar-refractivity contribution in [3.8, 4) is 11.8 Å². The normalized spacial score (nSPS) is 13.0. The molecular weight excluding hydrogens is 420 g/mol. The molecule has 146 valence electrons. The number of hydrogen-bond acceptors (Lipinski definition) is 5. The van der Waals surface area contributed by atoms with E-state index in [4.69, 9.17) is 5.41 Å². The SMILES string of the molecule is Br.Cc1ccc2c(n1)C(=N)N(CC(=O)c1cc(C#N)c(O)c(C(C)(C)C)c1)C2. The van der Waals surface area contributed by atoms with Crippen LogP contribution < -0.4 is 0 Å². The van der Waals surface area contributed by atoms with E-state index < -0.39 is 5.41 Å². The molecule has 0 aliphatic carbocycles. The van der Waals surface area contributed by atoms with Crippen LogP contribution in [0.25, 0.3) is 0 Å². The number of halogens is 1. The van der Waals surface area contributed by atoms with Crippen LogP contribution in [0.3, 0.4) is 0 Å². The molecule has 6 nitrogen and oxygen atoms in total. The van der Waals surface area contributed by atoms with Crippen LogP contribution in [0.2, 0.25) is 0 Å². The highest BCUT2D eigenvalue weighted by Crippen LogP contribution is 2.34. The van der Waals surface area contributed by atoms with E-state index in [9.17, 15) is 15.2 Å². The zero-order valence-electron chi connectivity index (χ0n) is 16.3. The summed E-state index contributed by atoms with van der Waals surface area (Å²) in [5, 5.41) is 27.9. The Morgan fingerprint density at radius 3 is 2.64 bits per heavy atom. The Kier molecular flexibility index (Phi) is 5.95. The van der Waals surface area contributed by atoms with E-state index in [-0.39, 0.29) is 46.5 Å². The molecule has 0 amide bonds. The molecule has 0 atom stereocenters. The quantitative estimate of drug-likeness (QED) is 0.702. The number of Topliss-reactive ketones (excluding diaryl/α,β-unsaturated/α-hetero) is 1. The predicted molar refractivity (Wildman–Crippen MR) is 112 cm³/mol. The van der Waals surface area contributed by atoms with Gasteiger partial charge in [0.2, 0.25) is 0 Å². The molecule has 0 fully saturated rings. The molecule has 7 heteroatoms. The van der Waals surface area contributed by atoms with Gasteiger partial charge in [-0.1, -0.05) is 26.8 Å². The van der Waals surface area contributed by atoms with Crippen LogP contribution in [0.4, 0.5) is 0 Å². The van der Waals surface area contributed by atoms with Gasteiger partial charge in [0.05, 0.1) is 12.1 Å². The van der Waals surface area contributed by atoms with Crippen LogP contribution in [-0.2, 0) is 12.0 Å². The topological polar surface area (TPSA) is 101 Å². The summed E-state index contributed by atoms with van der Waals surface area (Å²) >= 11 is 0. The number of ketones is 1. The largest absolute Gasteiger partial charge is 0.506 e. The van der Waals surface area contributed by atoms with Crippen LogP contribution in [0, 0.1) is 23.7 Å². The number of pyridine rings is 1. The standard InChI is InChI=1S/C21H22N4O2.BrH/c1-12-5-6-13-10-25(20(23)18(13)24-12)11-17(26)14-7-15(9-22)19(27)16(8-14)21(2,3)4;/h5-8,23,27H,10-11H2,1-4H3;1H. The molecule has 0 bridgehead atoms. The highest BCUT2D eigenvalue weighted by molar-refractivity contribution is 8.93. The highest BCUT2D eigenvalue weighted by Gasteiger charge is 2.29. The maximum absolute atomic E-state index is 12.9. The van der Waals surface area contributed by atoms with Crippen LogP contribution in [0.15, 0.2) is 24.3 Å². The van der Waals surface area contributed by atoms with E-state index in [1.807, 2.05) is 45.9 Å². The summed E-state index contributed by atoms with van der Waals surface area (Å²) in [5.41, 5.74) is 2.97. The molecule has 1 aliphatic rings. The van der Waals surface area contributed by atoms with Crippen LogP contribution in [0.5, 0.6) is 5.75 Å². The first-order valence-corrected chi connectivity index (χ1v) is 8.73. The van der Waals surface area contributed by atoms with Gasteiger partial charge >= 0.3 is 0 Å². The third kappa shape index (κ3) is 3.92. The number of nitriles is 1. The summed E-state index contributed by atoms with van der Waals surface area (Å²) in [4.78, 5) is 18.9. The van der Waals surface area contributed by atoms with Gasteiger partial charge in [-0.15, -0.1) is 17.0 Å². The van der Waals surface area contributed by atoms with E-state index in [0.29, 0.717) is 23.4 Å². The van der Waals surface area contributed by atoms with Crippen molar-refractivity contribution in [3.63, 3.8) is 0 Å². The summed E-state index contributed by atoms with van der Waals surface area (Å²) < 4.78 is 0. The van der Waals surface area contributed by atoms with Crippen molar-refractivity contribution in [2.45, 2.75) is 39.7 Å². The number of fused-ring (bicyclic) bond motifs is 1. The Bertz CT molecular complexity index is 1000. The number of phenolic OH excluding ortho intramolecular Hbond substituents is 1. The number of amidine groups is 1. The average molecular weight is 443 g/mol. The van der Waals surface area contributed by atoms with Crippen molar-refractivity contribution >= 4 is 28.6 Å². The second-order valence-electron chi connectivity index (χ2n) is 7.87. The highest BCUT2D eigenvalue weighted by atomic mass is 79.9. The first-order valence-electron chi connectivity index (χ1n) is 8.73. The van der Waals surface area contributed by atoms with Crippen molar-refractivity contribution in [2.24, 2.45) is 0 Å². The van der Waals surface area contributed by atoms with Gasteiger partial charge in [0, 0.05) is 28.9 Å². The average Bonchev–Trinajstić information content (AvgIpc) is 2.89. The second-order valence-corrected chi connectivity index (χ2v) is 7.87. The molecule has 0 saturated heterocycles. The zero-order chi connectivity index (χ0) is 19.9. The van der Waals surface area contributed by atoms with Crippen molar-refractivity contribution < 1.29 is 9.90 Å². The lowest BCUT2D eigenvalue weighted by atomic mass is 9.83. The number of aromatic hydroxyl groups is 1. The lowest BCUT2D eigenvalue weighted by Gasteiger charge is -2.22. The molecule has 0 unspecified atom stereocenters. The minimum atomic E-state index is -0.413. The van der Waals surface area contributed by atoms with Gasteiger partial charge in [-0.2, -0.15) is 5.26 Å². The third-order valence-corrected chi connectivity index (χ3v) is 4.71. The molecule has 1 aromatic carbocycles. The molecule has 1 aromatic heterocycles. The van der Waals surface area contributed by atoms with Gasteiger partial charge in [-0.3, -0.25) is 10.2 Å². The number of hydrogen-bond donors (Lipinski definition) is 2. The van der Waals surface area contributed by atoms with Gasteiger partial charge < -0.3 is 10.0 Å². The smallest absolute Gasteiger partial charge is 0.182 e. The van der Waals surface area contributed by atoms with Crippen LogP contribution in [0.1, 0.15) is 59.2 Å². The van der Waals surface area contributed by atoms with E-state index in [0.717, 1.165) is 11.3 Å². The molecule has 0 saturated carbocycles. The maximum atomic E-state index is 12.9. The molecule has 0 spiro atoms. The summed E-state index contributed by atoms with van der Waals surface area (Å²) in [7, 11) is 0. The van der Waals surface area contributed by atoms with Crippen LogP contribution in [-0.4, -0.2) is 33.2 Å².